The Kier molecular flexibility index (Phi) is 4.90. The molecule has 88 valence electrons. The average Bonchev–Trinajstić information content (AvgIpc) is 2.29. The van der Waals surface area contributed by atoms with E-state index in [0.717, 1.165) is 30.8 Å². The van der Waals surface area contributed by atoms with E-state index in [2.05, 4.69) is 30.5 Å². The summed E-state index contributed by atoms with van der Waals surface area (Å²) in [6.45, 7) is 6.84. The third kappa shape index (κ3) is 3.61. The molecular formula is C14H21NO. The number of rotatable bonds is 6. The van der Waals surface area contributed by atoms with E-state index in [0.29, 0.717) is 0 Å². The molecule has 2 heteroatoms. The molecule has 0 saturated carbocycles. The summed E-state index contributed by atoms with van der Waals surface area (Å²) in [5.74, 6) is 0.763. The quantitative estimate of drug-likeness (QED) is 0.536. The Bertz CT molecular complexity index is 327. The number of ether oxygens (including phenoxy) is 1. The molecule has 1 aromatic rings. The van der Waals surface area contributed by atoms with E-state index in [9.17, 15) is 0 Å². The van der Waals surface area contributed by atoms with Crippen LogP contribution in [0.25, 0.3) is 5.76 Å². The van der Waals surface area contributed by atoms with Crippen LogP contribution >= 0.6 is 0 Å². The lowest BCUT2D eigenvalue weighted by atomic mass is 10.2. The topological polar surface area (TPSA) is 12.5 Å². The summed E-state index contributed by atoms with van der Waals surface area (Å²) in [4.78, 5) is 2.07. The standard InChI is InChI=1S/C14H21NO/c1-5-6-11-16-12(2)13-7-9-14(10-8-13)15(3)4/h7-10H,2,5-6,11H2,1,3-4H3. The van der Waals surface area contributed by atoms with Crippen molar-refractivity contribution in [2.45, 2.75) is 19.8 Å². The summed E-state index contributed by atoms with van der Waals surface area (Å²) >= 11 is 0. The Morgan fingerprint density at radius 3 is 2.38 bits per heavy atom. The molecule has 2 nitrogen and oxygen atoms in total. The second-order valence-corrected chi connectivity index (χ2v) is 4.07. The Labute approximate surface area is 98.5 Å². The number of anilines is 1. The molecule has 0 amide bonds. The predicted molar refractivity (Wildman–Crippen MR) is 70.7 cm³/mol. The monoisotopic (exact) mass is 219 g/mol. The molecule has 0 saturated heterocycles. The lowest BCUT2D eigenvalue weighted by molar-refractivity contribution is 0.271. The van der Waals surface area contributed by atoms with Gasteiger partial charge in [-0.15, -0.1) is 0 Å². The zero-order chi connectivity index (χ0) is 12.0. The Balaban J connectivity index is 2.56. The predicted octanol–water partition coefficient (Wildman–Crippen LogP) is 3.54. The van der Waals surface area contributed by atoms with Crippen LogP contribution in [0.4, 0.5) is 5.69 Å². The van der Waals surface area contributed by atoms with Crippen LogP contribution in [0.1, 0.15) is 25.3 Å². The first-order valence-corrected chi connectivity index (χ1v) is 5.74. The van der Waals surface area contributed by atoms with E-state index < -0.39 is 0 Å². The summed E-state index contributed by atoms with van der Waals surface area (Å²) in [5.41, 5.74) is 2.24. The van der Waals surface area contributed by atoms with E-state index in [1.807, 2.05) is 26.2 Å². The van der Waals surface area contributed by atoms with E-state index in [4.69, 9.17) is 4.74 Å². The molecule has 16 heavy (non-hydrogen) atoms. The summed E-state index contributed by atoms with van der Waals surface area (Å²) in [5, 5.41) is 0. The minimum Gasteiger partial charge on any atom is -0.494 e. The van der Waals surface area contributed by atoms with Crippen molar-refractivity contribution in [3.63, 3.8) is 0 Å². The lowest BCUT2D eigenvalue weighted by Crippen LogP contribution is -2.08. The van der Waals surface area contributed by atoms with Crippen LogP contribution in [-0.2, 0) is 4.74 Å². The zero-order valence-electron chi connectivity index (χ0n) is 10.5. The van der Waals surface area contributed by atoms with Crippen molar-refractivity contribution >= 4 is 11.4 Å². The second-order valence-electron chi connectivity index (χ2n) is 4.07. The molecule has 0 fully saturated rings. The van der Waals surface area contributed by atoms with E-state index in [1.165, 1.54) is 5.69 Å². The molecular weight excluding hydrogens is 198 g/mol. The largest absolute Gasteiger partial charge is 0.494 e. The number of nitrogens with zero attached hydrogens (tertiary/aromatic N) is 1. The highest BCUT2D eigenvalue weighted by atomic mass is 16.5. The molecule has 0 N–H and O–H groups in total. The summed E-state index contributed by atoms with van der Waals surface area (Å²) in [6.07, 6.45) is 2.22. The first-order chi connectivity index (χ1) is 7.65. The molecule has 1 aromatic carbocycles. The molecule has 0 unspecified atom stereocenters. The van der Waals surface area contributed by atoms with Crippen molar-refractivity contribution in [3.8, 4) is 0 Å². The molecule has 0 bridgehead atoms. The first-order valence-electron chi connectivity index (χ1n) is 5.74. The molecule has 0 aliphatic heterocycles. The number of hydrogen-bond donors (Lipinski definition) is 0. The Hall–Kier alpha value is -1.44. The maximum absolute atomic E-state index is 5.56. The fourth-order valence-electron chi connectivity index (χ4n) is 1.37. The van der Waals surface area contributed by atoms with Gasteiger partial charge in [0.1, 0.15) is 5.76 Å². The highest BCUT2D eigenvalue weighted by molar-refractivity contribution is 5.60. The molecule has 0 atom stereocenters. The van der Waals surface area contributed by atoms with Gasteiger partial charge in [-0.1, -0.05) is 19.9 Å². The molecule has 0 aliphatic carbocycles. The van der Waals surface area contributed by atoms with Crippen LogP contribution in [0, 0.1) is 0 Å². The minimum absolute atomic E-state index is 0.755. The number of unbranched alkanes of at least 4 members (excludes halogenated alkanes) is 1. The van der Waals surface area contributed by atoms with Gasteiger partial charge in [0.15, 0.2) is 0 Å². The smallest absolute Gasteiger partial charge is 0.119 e. The fraction of sp³-hybridized carbons (Fsp3) is 0.429. The van der Waals surface area contributed by atoms with Crippen molar-refractivity contribution < 1.29 is 4.74 Å². The van der Waals surface area contributed by atoms with Crippen molar-refractivity contribution in [2.75, 3.05) is 25.6 Å². The average molecular weight is 219 g/mol. The van der Waals surface area contributed by atoms with Gasteiger partial charge in [-0.3, -0.25) is 0 Å². The summed E-state index contributed by atoms with van der Waals surface area (Å²) in [7, 11) is 4.06. The number of benzene rings is 1. The molecule has 1 rings (SSSR count). The van der Waals surface area contributed by atoms with Gasteiger partial charge >= 0.3 is 0 Å². The van der Waals surface area contributed by atoms with Crippen LogP contribution in [0.5, 0.6) is 0 Å². The SMILES string of the molecule is C=C(OCCCC)c1ccc(N(C)C)cc1. The highest BCUT2D eigenvalue weighted by Crippen LogP contribution is 2.18. The maximum Gasteiger partial charge on any atom is 0.119 e. The lowest BCUT2D eigenvalue weighted by Gasteiger charge is -2.13. The molecule has 0 aliphatic rings. The summed E-state index contributed by atoms with van der Waals surface area (Å²) in [6, 6.07) is 8.24. The van der Waals surface area contributed by atoms with Gasteiger partial charge in [-0.2, -0.15) is 0 Å². The van der Waals surface area contributed by atoms with Crippen LogP contribution in [-0.4, -0.2) is 20.7 Å². The molecule has 0 spiro atoms. The third-order valence-electron chi connectivity index (χ3n) is 2.48. The minimum atomic E-state index is 0.755. The van der Waals surface area contributed by atoms with Gasteiger partial charge in [0, 0.05) is 25.3 Å². The van der Waals surface area contributed by atoms with E-state index in [-0.39, 0.29) is 0 Å². The Morgan fingerprint density at radius 1 is 1.25 bits per heavy atom. The van der Waals surface area contributed by atoms with Crippen molar-refractivity contribution in [3.05, 3.63) is 36.4 Å². The third-order valence-corrected chi connectivity index (χ3v) is 2.48. The van der Waals surface area contributed by atoms with Gasteiger partial charge in [0.25, 0.3) is 0 Å². The van der Waals surface area contributed by atoms with Crippen LogP contribution < -0.4 is 4.90 Å². The molecule has 0 heterocycles. The van der Waals surface area contributed by atoms with Gasteiger partial charge in [0.2, 0.25) is 0 Å². The van der Waals surface area contributed by atoms with Gasteiger partial charge in [0.05, 0.1) is 6.61 Å². The molecule has 0 aromatic heterocycles. The van der Waals surface area contributed by atoms with Gasteiger partial charge < -0.3 is 9.64 Å². The van der Waals surface area contributed by atoms with Gasteiger partial charge in [-0.05, 0) is 30.7 Å². The summed E-state index contributed by atoms with van der Waals surface area (Å²) < 4.78 is 5.56. The molecule has 0 radical (unpaired) electrons. The van der Waals surface area contributed by atoms with Crippen molar-refractivity contribution in [2.24, 2.45) is 0 Å². The van der Waals surface area contributed by atoms with Crippen LogP contribution in [0.15, 0.2) is 30.8 Å². The number of hydrogen-bond acceptors (Lipinski definition) is 2. The normalized spacial score (nSPS) is 9.94. The maximum atomic E-state index is 5.56. The second kappa shape index (κ2) is 6.21. The van der Waals surface area contributed by atoms with Crippen LogP contribution in [0.3, 0.4) is 0 Å². The zero-order valence-corrected chi connectivity index (χ0v) is 10.5. The van der Waals surface area contributed by atoms with E-state index in [1.54, 1.807) is 0 Å². The van der Waals surface area contributed by atoms with Crippen molar-refractivity contribution in [1.82, 2.24) is 0 Å². The Morgan fingerprint density at radius 2 is 1.88 bits per heavy atom. The van der Waals surface area contributed by atoms with Crippen molar-refractivity contribution in [1.29, 1.82) is 0 Å². The van der Waals surface area contributed by atoms with Crippen LogP contribution in [0.2, 0.25) is 0 Å². The van der Waals surface area contributed by atoms with Gasteiger partial charge in [-0.25, -0.2) is 0 Å². The van der Waals surface area contributed by atoms with E-state index >= 15 is 0 Å². The highest BCUT2D eigenvalue weighted by Gasteiger charge is 2.00. The first kappa shape index (κ1) is 12.6. The fourth-order valence-corrected chi connectivity index (χ4v) is 1.37.